The standard InChI is InChI=1S/C14H22N4O5/c15-11(20)6-17-13(22)7-4-9(12(21)10(19)5-7)18-14(23)8-2-1-3-16-8/h4,8-10,12,16,19,21H,1-3,5-6H2,(H2,15,20)(H,17,22)(H,18,23)/t8-,9-,10-,12-/m1/s1. The Morgan fingerprint density at radius 2 is 2.09 bits per heavy atom. The van der Waals surface area contributed by atoms with E-state index in [4.69, 9.17) is 5.73 Å². The highest BCUT2D eigenvalue weighted by Gasteiger charge is 2.35. The molecule has 1 aliphatic heterocycles. The Morgan fingerprint density at radius 3 is 2.70 bits per heavy atom. The normalized spacial score (nSPS) is 30.4. The number of nitrogens with two attached hydrogens (primary N) is 1. The lowest BCUT2D eigenvalue weighted by molar-refractivity contribution is -0.125. The number of hydrogen-bond acceptors (Lipinski definition) is 6. The van der Waals surface area contributed by atoms with Gasteiger partial charge in [0.25, 0.3) is 0 Å². The maximum Gasteiger partial charge on any atom is 0.247 e. The number of aliphatic hydroxyl groups excluding tert-OH is 2. The van der Waals surface area contributed by atoms with E-state index in [2.05, 4.69) is 16.0 Å². The van der Waals surface area contributed by atoms with E-state index < -0.39 is 30.1 Å². The second kappa shape index (κ2) is 7.53. The van der Waals surface area contributed by atoms with E-state index in [1.807, 2.05) is 0 Å². The highest BCUT2D eigenvalue weighted by Crippen LogP contribution is 2.20. The zero-order chi connectivity index (χ0) is 17.0. The van der Waals surface area contributed by atoms with Gasteiger partial charge in [-0.25, -0.2) is 0 Å². The third-order valence-electron chi connectivity index (χ3n) is 3.97. The van der Waals surface area contributed by atoms with Crippen molar-refractivity contribution >= 4 is 17.7 Å². The van der Waals surface area contributed by atoms with Gasteiger partial charge in [-0.05, 0) is 19.4 Å². The van der Waals surface area contributed by atoms with Crippen LogP contribution in [0.2, 0.25) is 0 Å². The van der Waals surface area contributed by atoms with Crippen molar-refractivity contribution in [1.82, 2.24) is 16.0 Å². The van der Waals surface area contributed by atoms with Crippen molar-refractivity contribution in [2.75, 3.05) is 13.1 Å². The molecule has 0 radical (unpaired) electrons. The summed E-state index contributed by atoms with van der Waals surface area (Å²) in [5.41, 5.74) is 5.14. The highest BCUT2D eigenvalue weighted by molar-refractivity contribution is 5.96. The summed E-state index contributed by atoms with van der Waals surface area (Å²) in [6.45, 7) is 0.433. The van der Waals surface area contributed by atoms with E-state index in [9.17, 15) is 24.6 Å². The van der Waals surface area contributed by atoms with Crippen LogP contribution >= 0.6 is 0 Å². The van der Waals surface area contributed by atoms with Crippen LogP contribution < -0.4 is 21.7 Å². The Labute approximate surface area is 133 Å². The molecule has 0 spiro atoms. The van der Waals surface area contributed by atoms with Gasteiger partial charge in [0.1, 0.15) is 6.10 Å². The Balaban J connectivity index is 2.03. The van der Waals surface area contributed by atoms with Gasteiger partial charge in [-0.3, -0.25) is 14.4 Å². The molecular formula is C14H22N4O5. The fraction of sp³-hybridized carbons (Fsp3) is 0.643. The average Bonchev–Trinajstić information content (AvgIpc) is 3.03. The first-order chi connectivity index (χ1) is 10.9. The predicted octanol–water partition coefficient (Wildman–Crippen LogP) is -3.12. The van der Waals surface area contributed by atoms with Gasteiger partial charge in [-0.2, -0.15) is 0 Å². The van der Waals surface area contributed by atoms with Crippen LogP contribution in [0.1, 0.15) is 19.3 Å². The molecule has 0 aromatic carbocycles. The van der Waals surface area contributed by atoms with Gasteiger partial charge in [-0.15, -0.1) is 0 Å². The monoisotopic (exact) mass is 326 g/mol. The molecule has 1 heterocycles. The highest BCUT2D eigenvalue weighted by atomic mass is 16.3. The number of rotatable bonds is 5. The van der Waals surface area contributed by atoms with Crippen molar-refractivity contribution < 1.29 is 24.6 Å². The van der Waals surface area contributed by atoms with Crippen molar-refractivity contribution in [3.05, 3.63) is 11.6 Å². The second-order valence-corrected chi connectivity index (χ2v) is 5.79. The topological polar surface area (TPSA) is 154 Å². The molecule has 0 aromatic rings. The third kappa shape index (κ3) is 4.50. The van der Waals surface area contributed by atoms with Crippen molar-refractivity contribution in [2.24, 2.45) is 5.73 Å². The average molecular weight is 326 g/mol. The zero-order valence-corrected chi connectivity index (χ0v) is 12.6. The molecule has 3 amide bonds. The van der Waals surface area contributed by atoms with Gasteiger partial charge in [0.2, 0.25) is 17.7 Å². The summed E-state index contributed by atoms with van der Waals surface area (Å²) in [4.78, 5) is 34.7. The van der Waals surface area contributed by atoms with E-state index in [0.717, 1.165) is 13.0 Å². The molecule has 0 unspecified atom stereocenters. The fourth-order valence-corrected chi connectivity index (χ4v) is 2.72. The van der Waals surface area contributed by atoms with Crippen LogP contribution in [0.5, 0.6) is 0 Å². The van der Waals surface area contributed by atoms with Gasteiger partial charge in [-0.1, -0.05) is 6.08 Å². The van der Waals surface area contributed by atoms with Gasteiger partial charge < -0.3 is 31.9 Å². The molecule has 4 atom stereocenters. The molecule has 1 saturated heterocycles. The summed E-state index contributed by atoms with van der Waals surface area (Å²) in [5.74, 6) is -1.53. The Bertz CT molecular complexity index is 515. The lowest BCUT2D eigenvalue weighted by Gasteiger charge is -2.31. The lowest BCUT2D eigenvalue weighted by atomic mass is 9.89. The van der Waals surface area contributed by atoms with Crippen LogP contribution in [-0.2, 0) is 14.4 Å². The van der Waals surface area contributed by atoms with Gasteiger partial charge >= 0.3 is 0 Å². The molecule has 0 bridgehead atoms. The zero-order valence-electron chi connectivity index (χ0n) is 12.6. The number of carbonyl (C=O) groups excluding carboxylic acids is 3. The van der Waals surface area contributed by atoms with E-state index >= 15 is 0 Å². The van der Waals surface area contributed by atoms with E-state index in [0.29, 0.717) is 6.42 Å². The van der Waals surface area contributed by atoms with Crippen molar-refractivity contribution in [3.8, 4) is 0 Å². The predicted molar refractivity (Wildman–Crippen MR) is 79.9 cm³/mol. The summed E-state index contributed by atoms with van der Waals surface area (Å²) < 4.78 is 0. The second-order valence-electron chi connectivity index (χ2n) is 5.79. The number of amides is 3. The van der Waals surface area contributed by atoms with Crippen LogP contribution in [0.4, 0.5) is 0 Å². The molecule has 23 heavy (non-hydrogen) atoms. The van der Waals surface area contributed by atoms with Crippen LogP contribution in [-0.4, -0.2) is 65.3 Å². The number of hydrogen-bond donors (Lipinski definition) is 6. The summed E-state index contributed by atoms with van der Waals surface area (Å²) >= 11 is 0. The van der Waals surface area contributed by atoms with Crippen molar-refractivity contribution in [3.63, 3.8) is 0 Å². The first-order valence-electron chi connectivity index (χ1n) is 7.55. The maximum atomic E-state index is 12.1. The molecule has 1 aliphatic carbocycles. The van der Waals surface area contributed by atoms with Gasteiger partial charge in [0, 0.05) is 12.0 Å². The quantitative estimate of drug-likeness (QED) is 0.314. The number of aliphatic hydroxyl groups is 2. The van der Waals surface area contributed by atoms with Gasteiger partial charge in [0.15, 0.2) is 0 Å². The molecule has 2 aliphatic rings. The smallest absolute Gasteiger partial charge is 0.247 e. The molecule has 0 aromatic heterocycles. The molecular weight excluding hydrogens is 304 g/mol. The van der Waals surface area contributed by atoms with E-state index in [1.165, 1.54) is 6.08 Å². The first kappa shape index (κ1) is 17.4. The van der Waals surface area contributed by atoms with E-state index in [1.54, 1.807) is 0 Å². The fourth-order valence-electron chi connectivity index (χ4n) is 2.72. The SMILES string of the molecule is NC(=O)CNC(=O)C1=C[C@@H](NC(=O)[C@H]2CCCN2)[C@@H](O)[C@H](O)C1. The summed E-state index contributed by atoms with van der Waals surface area (Å²) in [5, 5.41) is 27.9. The summed E-state index contributed by atoms with van der Waals surface area (Å²) in [6.07, 6.45) is 0.543. The Morgan fingerprint density at radius 1 is 1.35 bits per heavy atom. The minimum absolute atomic E-state index is 0.0696. The number of carbonyl (C=O) groups is 3. The van der Waals surface area contributed by atoms with Crippen molar-refractivity contribution in [2.45, 2.75) is 43.6 Å². The minimum atomic E-state index is -1.20. The molecule has 1 fully saturated rings. The number of primary amides is 1. The maximum absolute atomic E-state index is 12.1. The first-order valence-corrected chi connectivity index (χ1v) is 7.55. The van der Waals surface area contributed by atoms with E-state index in [-0.39, 0.29) is 30.5 Å². The molecule has 7 N–H and O–H groups in total. The largest absolute Gasteiger partial charge is 0.390 e. The summed E-state index contributed by atoms with van der Waals surface area (Å²) in [7, 11) is 0. The van der Waals surface area contributed by atoms with Gasteiger partial charge in [0.05, 0.1) is 24.7 Å². The molecule has 128 valence electrons. The molecule has 0 saturated carbocycles. The molecule has 9 heteroatoms. The molecule has 9 nitrogen and oxygen atoms in total. The van der Waals surface area contributed by atoms with Crippen molar-refractivity contribution in [1.29, 1.82) is 0 Å². The van der Waals surface area contributed by atoms with Crippen LogP contribution in [0.15, 0.2) is 11.6 Å². The summed E-state index contributed by atoms with van der Waals surface area (Å²) in [6, 6.07) is -1.20. The number of nitrogens with one attached hydrogen (secondary N) is 3. The molecule has 2 rings (SSSR count). The minimum Gasteiger partial charge on any atom is -0.390 e. The third-order valence-corrected chi connectivity index (χ3v) is 3.97. The van der Waals surface area contributed by atoms with Crippen LogP contribution in [0, 0.1) is 0 Å². The lowest BCUT2D eigenvalue weighted by Crippen LogP contribution is -2.54. The van der Waals surface area contributed by atoms with Crippen LogP contribution in [0.3, 0.4) is 0 Å². The Hall–Kier alpha value is -1.97. The Kier molecular flexibility index (Phi) is 5.69. The van der Waals surface area contributed by atoms with Crippen LogP contribution in [0.25, 0.3) is 0 Å².